The van der Waals surface area contributed by atoms with Gasteiger partial charge in [-0.15, -0.1) is 12.3 Å². The Kier molecular flexibility index (Phi) is 15.8. The van der Waals surface area contributed by atoms with Gasteiger partial charge in [-0.1, -0.05) is 38.1 Å². The van der Waals surface area contributed by atoms with Gasteiger partial charge in [-0.2, -0.15) is 23.5 Å². The number of nitrogens with two attached hydrogens (primary N) is 1. The minimum absolute atomic E-state index is 0.0454. The molecule has 14 heteroatoms. The van der Waals surface area contributed by atoms with Crippen molar-refractivity contribution in [2.45, 2.75) is 88.7 Å². The third kappa shape index (κ3) is 13.1. The SMILES string of the molecule is C#CCCC(=O)N[C@H](C(=O)N[C@@H]1CSCc2ccccc2CSC[C@H](C)NC(=O)[C@H](C)NC(=O)C(CC(N)=O)NC1=O)C(C)C. The van der Waals surface area contributed by atoms with E-state index in [0.29, 0.717) is 17.3 Å². The van der Waals surface area contributed by atoms with Gasteiger partial charge in [-0.3, -0.25) is 28.8 Å². The van der Waals surface area contributed by atoms with Crippen molar-refractivity contribution in [2.24, 2.45) is 11.7 Å². The molecule has 1 aromatic rings. The number of hydrogen-bond donors (Lipinski definition) is 6. The van der Waals surface area contributed by atoms with E-state index in [0.717, 1.165) is 11.1 Å². The number of carbonyl (C=O) groups is 6. The second kappa shape index (κ2) is 19.0. The van der Waals surface area contributed by atoms with E-state index >= 15 is 0 Å². The van der Waals surface area contributed by atoms with Crippen molar-refractivity contribution in [1.29, 1.82) is 0 Å². The van der Waals surface area contributed by atoms with E-state index in [-0.39, 0.29) is 30.6 Å². The Hall–Kier alpha value is -3.70. The van der Waals surface area contributed by atoms with Gasteiger partial charge in [0.2, 0.25) is 35.4 Å². The van der Waals surface area contributed by atoms with Crippen LogP contribution >= 0.6 is 23.5 Å². The van der Waals surface area contributed by atoms with E-state index in [1.165, 1.54) is 18.7 Å². The molecule has 0 aromatic heterocycles. The number of benzene rings is 1. The fraction of sp³-hybridized carbons (Fsp3) is 0.548. The number of terminal acetylenes is 1. The van der Waals surface area contributed by atoms with E-state index in [9.17, 15) is 28.8 Å². The highest BCUT2D eigenvalue weighted by Crippen LogP contribution is 2.22. The van der Waals surface area contributed by atoms with Crippen LogP contribution in [0.15, 0.2) is 24.3 Å². The highest BCUT2D eigenvalue weighted by molar-refractivity contribution is 7.98. The Balaban J connectivity index is 2.38. The maximum absolute atomic E-state index is 13.6. The highest BCUT2D eigenvalue weighted by Gasteiger charge is 2.32. The fourth-order valence-corrected chi connectivity index (χ4v) is 6.50. The van der Waals surface area contributed by atoms with Gasteiger partial charge in [0.15, 0.2) is 0 Å². The number of hydrogen-bond acceptors (Lipinski definition) is 8. The summed E-state index contributed by atoms with van der Waals surface area (Å²) in [6.45, 7) is 6.88. The van der Waals surface area contributed by atoms with Crippen LogP contribution in [0.5, 0.6) is 0 Å². The number of thioether (sulfide) groups is 2. The molecule has 0 spiro atoms. The van der Waals surface area contributed by atoms with Crippen molar-refractivity contribution >= 4 is 59.0 Å². The molecule has 1 unspecified atom stereocenters. The Labute approximate surface area is 273 Å². The van der Waals surface area contributed by atoms with Crippen LogP contribution in [0.25, 0.3) is 0 Å². The van der Waals surface area contributed by atoms with E-state index in [1.807, 2.05) is 31.2 Å². The van der Waals surface area contributed by atoms with E-state index < -0.39 is 66.0 Å². The van der Waals surface area contributed by atoms with Gasteiger partial charge in [-0.05, 0) is 30.9 Å². The van der Waals surface area contributed by atoms with Gasteiger partial charge in [0.25, 0.3) is 0 Å². The van der Waals surface area contributed by atoms with Crippen molar-refractivity contribution < 1.29 is 28.8 Å². The first-order chi connectivity index (χ1) is 21.3. The molecular weight excluding hydrogens is 617 g/mol. The Morgan fingerprint density at radius 3 is 2.18 bits per heavy atom. The second-order valence-electron chi connectivity index (χ2n) is 11.2. The number of amides is 6. The zero-order valence-electron chi connectivity index (χ0n) is 26.1. The average molecular weight is 661 g/mol. The Morgan fingerprint density at radius 2 is 1.60 bits per heavy atom. The molecule has 246 valence electrons. The standard InChI is InChI=1S/C31H44N6O6S2/c1-6-7-12-26(39)37-27(18(2)3)31(43)36-24-17-45-16-22-11-9-8-10-21(22)15-44-14-19(4)33-28(40)20(5)34-29(41)23(13-25(32)38)35-30(24)42/h1,8-11,18-20,23-24,27H,7,12-17H2,2-5H3,(H2,32,38)(H,33,40)(H,34,41)(H,35,42)(H,36,43)(H,37,39)/t19-,20-,23?,24+,27-/m0/s1. The van der Waals surface area contributed by atoms with Gasteiger partial charge in [0, 0.05) is 41.9 Å². The fourth-order valence-electron chi connectivity index (χ4n) is 4.35. The lowest BCUT2D eigenvalue weighted by atomic mass is 10.0. The lowest BCUT2D eigenvalue weighted by Gasteiger charge is -2.27. The van der Waals surface area contributed by atoms with Crippen molar-refractivity contribution in [3.05, 3.63) is 35.4 Å². The lowest BCUT2D eigenvalue weighted by molar-refractivity contribution is -0.135. The molecule has 45 heavy (non-hydrogen) atoms. The molecule has 7 N–H and O–H groups in total. The van der Waals surface area contributed by atoms with Gasteiger partial charge in [0.05, 0.1) is 6.42 Å². The first-order valence-electron chi connectivity index (χ1n) is 14.8. The molecule has 0 bridgehead atoms. The summed E-state index contributed by atoms with van der Waals surface area (Å²) in [6.07, 6.45) is 4.98. The molecule has 0 radical (unpaired) electrons. The minimum atomic E-state index is -1.40. The molecule has 0 saturated heterocycles. The van der Waals surface area contributed by atoms with Crippen LogP contribution in [0.4, 0.5) is 0 Å². The summed E-state index contributed by atoms with van der Waals surface area (Å²) in [4.78, 5) is 77.1. The molecule has 1 aliphatic rings. The highest BCUT2D eigenvalue weighted by atomic mass is 32.2. The van der Waals surface area contributed by atoms with Crippen LogP contribution in [-0.4, -0.2) is 77.2 Å². The molecular formula is C31H44N6O6S2. The number of rotatable bonds is 8. The molecule has 6 amide bonds. The van der Waals surface area contributed by atoms with Crippen molar-refractivity contribution in [3.8, 4) is 12.3 Å². The second-order valence-corrected chi connectivity index (χ2v) is 13.3. The number of fused-ring (bicyclic) bond motifs is 1. The van der Waals surface area contributed by atoms with Gasteiger partial charge < -0.3 is 32.3 Å². The predicted molar refractivity (Wildman–Crippen MR) is 176 cm³/mol. The zero-order valence-corrected chi connectivity index (χ0v) is 27.8. The Morgan fingerprint density at radius 1 is 0.978 bits per heavy atom. The number of primary amides is 1. The normalized spacial score (nSPS) is 22.6. The van der Waals surface area contributed by atoms with Crippen molar-refractivity contribution in [1.82, 2.24) is 26.6 Å². The molecule has 1 aromatic carbocycles. The summed E-state index contributed by atoms with van der Waals surface area (Å²) in [5.41, 5.74) is 7.54. The molecule has 12 nitrogen and oxygen atoms in total. The molecule has 1 heterocycles. The maximum atomic E-state index is 13.6. The Bertz CT molecular complexity index is 1270. The van der Waals surface area contributed by atoms with Crippen LogP contribution in [0, 0.1) is 18.3 Å². The van der Waals surface area contributed by atoms with E-state index in [1.54, 1.807) is 25.6 Å². The molecule has 0 aliphatic carbocycles. The summed E-state index contributed by atoms with van der Waals surface area (Å²) in [7, 11) is 0. The summed E-state index contributed by atoms with van der Waals surface area (Å²) in [5, 5.41) is 13.3. The number of nitrogens with one attached hydrogen (secondary N) is 5. The van der Waals surface area contributed by atoms with Gasteiger partial charge >= 0.3 is 0 Å². The first kappa shape index (κ1) is 37.5. The predicted octanol–water partition coefficient (Wildman–Crippen LogP) is 0.575. The smallest absolute Gasteiger partial charge is 0.244 e. The minimum Gasteiger partial charge on any atom is -0.370 e. The quantitative estimate of drug-likeness (QED) is 0.218. The summed E-state index contributed by atoms with van der Waals surface area (Å²) in [6, 6.07) is 3.26. The molecule has 2 rings (SSSR count). The zero-order chi connectivity index (χ0) is 33.5. The van der Waals surface area contributed by atoms with Crippen LogP contribution in [0.2, 0.25) is 0 Å². The largest absolute Gasteiger partial charge is 0.370 e. The average Bonchev–Trinajstić information content (AvgIpc) is 2.97. The first-order valence-corrected chi connectivity index (χ1v) is 17.1. The summed E-state index contributed by atoms with van der Waals surface area (Å²) < 4.78 is 0. The van der Waals surface area contributed by atoms with Crippen LogP contribution in [0.3, 0.4) is 0 Å². The molecule has 0 fully saturated rings. The van der Waals surface area contributed by atoms with Crippen LogP contribution < -0.4 is 32.3 Å². The van der Waals surface area contributed by atoms with Crippen LogP contribution in [-0.2, 0) is 40.3 Å². The maximum Gasteiger partial charge on any atom is 0.244 e. The summed E-state index contributed by atoms with van der Waals surface area (Å²) >= 11 is 3.07. The van der Waals surface area contributed by atoms with Crippen molar-refractivity contribution in [3.63, 3.8) is 0 Å². The monoisotopic (exact) mass is 660 g/mol. The van der Waals surface area contributed by atoms with E-state index in [2.05, 4.69) is 32.5 Å². The number of carbonyl (C=O) groups excluding carboxylic acids is 6. The molecule has 1 aliphatic heterocycles. The molecule has 5 atom stereocenters. The van der Waals surface area contributed by atoms with E-state index in [4.69, 9.17) is 12.2 Å². The third-order valence-electron chi connectivity index (χ3n) is 6.86. The van der Waals surface area contributed by atoms with Crippen molar-refractivity contribution in [2.75, 3.05) is 11.5 Å². The van der Waals surface area contributed by atoms with Crippen LogP contribution in [0.1, 0.15) is 58.1 Å². The third-order valence-corrected chi connectivity index (χ3v) is 9.19. The van der Waals surface area contributed by atoms with Gasteiger partial charge in [-0.25, -0.2) is 0 Å². The lowest BCUT2D eigenvalue weighted by Crippen LogP contribution is -2.59. The van der Waals surface area contributed by atoms with Gasteiger partial charge in [0.1, 0.15) is 24.2 Å². The molecule has 0 saturated carbocycles. The topological polar surface area (TPSA) is 189 Å². The summed E-state index contributed by atoms with van der Waals surface area (Å²) in [5.74, 6) is 0.299.